The van der Waals surface area contributed by atoms with Gasteiger partial charge in [0.15, 0.2) is 5.82 Å². The second-order valence-corrected chi connectivity index (χ2v) is 3.38. The van der Waals surface area contributed by atoms with Gasteiger partial charge in [0.2, 0.25) is 0 Å². The fourth-order valence-electron chi connectivity index (χ4n) is 1.20. The molecule has 0 aliphatic heterocycles. The summed E-state index contributed by atoms with van der Waals surface area (Å²) in [4.78, 5) is 8.12. The van der Waals surface area contributed by atoms with Gasteiger partial charge in [-0.2, -0.15) is 0 Å². The SMILES string of the molecule is Nc1nc(-c2ccccc2)nc(N)c1Cl. The topological polar surface area (TPSA) is 77.8 Å². The van der Waals surface area contributed by atoms with Crippen LogP contribution >= 0.6 is 11.6 Å². The van der Waals surface area contributed by atoms with Crippen molar-refractivity contribution in [1.82, 2.24) is 9.97 Å². The zero-order chi connectivity index (χ0) is 10.8. The number of anilines is 2. The standard InChI is InChI=1S/C10H9ClN4/c11-7-8(12)14-10(15-9(7)13)6-4-2-1-3-5-6/h1-5H,(H4,12,13,14,15). The average molecular weight is 221 g/mol. The van der Waals surface area contributed by atoms with Crippen LogP contribution in [-0.4, -0.2) is 9.97 Å². The van der Waals surface area contributed by atoms with Gasteiger partial charge in [0, 0.05) is 5.56 Å². The molecule has 0 fully saturated rings. The minimum Gasteiger partial charge on any atom is -0.382 e. The number of hydrogen-bond acceptors (Lipinski definition) is 4. The van der Waals surface area contributed by atoms with E-state index in [4.69, 9.17) is 23.1 Å². The highest BCUT2D eigenvalue weighted by atomic mass is 35.5. The Morgan fingerprint density at radius 1 is 0.933 bits per heavy atom. The van der Waals surface area contributed by atoms with Gasteiger partial charge in [0.1, 0.15) is 16.7 Å². The summed E-state index contributed by atoms with van der Waals surface area (Å²) in [6, 6.07) is 9.44. The second kappa shape index (κ2) is 3.74. The summed E-state index contributed by atoms with van der Waals surface area (Å²) in [6.45, 7) is 0. The van der Waals surface area contributed by atoms with Crippen LogP contribution in [0.1, 0.15) is 0 Å². The van der Waals surface area contributed by atoms with Gasteiger partial charge in [-0.3, -0.25) is 0 Å². The zero-order valence-electron chi connectivity index (χ0n) is 7.81. The molecule has 5 heteroatoms. The van der Waals surface area contributed by atoms with Crippen LogP contribution < -0.4 is 11.5 Å². The number of nitrogen functional groups attached to an aromatic ring is 2. The zero-order valence-corrected chi connectivity index (χ0v) is 8.57. The van der Waals surface area contributed by atoms with Crippen molar-refractivity contribution in [2.24, 2.45) is 0 Å². The van der Waals surface area contributed by atoms with Crippen molar-refractivity contribution in [3.8, 4) is 11.4 Å². The van der Waals surface area contributed by atoms with E-state index < -0.39 is 0 Å². The predicted octanol–water partition coefficient (Wildman–Crippen LogP) is 1.96. The first kappa shape index (κ1) is 9.73. The van der Waals surface area contributed by atoms with E-state index in [1.807, 2.05) is 30.3 Å². The Morgan fingerprint density at radius 3 is 2.00 bits per heavy atom. The number of aromatic nitrogens is 2. The molecule has 2 aromatic rings. The maximum absolute atomic E-state index is 5.76. The van der Waals surface area contributed by atoms with Crippen LogP contribution in [0.15, 0.2) is 30.3 Å². The average Bonchev–Trinajstić information content (AvgIpc) is 2.26. The number of nitrogens with two attached hydrogens (primary N) is 2. The summed E-state index contributed by atoms with van der Waals surface area (Å²) in [7, 11) is 0. The van der Waals surface area contributed by atoms with Crippen LogP contribution in [0, 0.1) is 0 Å². The first-order valence-corrected chi connectivity index (χ1v) is 4.70. The maximum Gasteiger partial charge on any atom is 0.163 e. The number of halogens is 1. The van der Waals surface area contributed by atoms with E-state index in [1.54, 1.807) is 0 Å². The van der Waals surface area contributed by atoms with E-state index in [9.17, 15) is 0 Å². The minimum absolute atomic E-state index is 0.197. The quantitative estimate of drug-likeness (QED) is 0.770. The number of rotatable bonds is 1. The van der Waals surface area contributed by atoms with Gasteiger partial charge in [-0.1, -0.05) is 41.9 Å². The van der Waals surface area contributed by atoms with E-state index in [0.29, 0.717) is 5.82 Å². The molecule has 1 aromatic heterocycles. The molecule has 2 rings (SSSR count). The number of nitrogens with zero attached hydrogens (tertiary/aromatic N) is 2. The van der Waals surface area contributed by atoms with Gasteiger partial charge < -0.3 is 11.5 Å². The highest BCUT2D eigenvalue weighted by Crippen LogP contribution is 2.25. The summed E-state index contributed by atoms with van der Waals surface area (Å²) >= 11 is 5.76. The first-order chi connectivity index (χ1) is 7.18. The summed E-state index contributed by atoms with van der Waals surface area (Å²) in [5.41, 5.74) is 12.0. The fraction of sp³-hybridized carbons (Fsp3) is 0. The molecule has 0 aliphatic rings. The van der Waals surface area contributed by atoms with Crippen molar-refractivity contribution in [2.45, 2.75) is 0 Å². The van der Waals surface area contributed by atoms with Crippen LogP contribution in [0.2, 0.25) is 5.02 Å². The van der Waals surface area contributed by atoms with Crippen molar-refractivity contribution < 1.29 is 0 Å². The molecule has 76 valence electrons. The van der Waals surface area contributed by atoms with Gasteiger partial charge in [0.05, 0.1) is 0 Å². The first-order valence-electron chi connectivity index (χ1n) is 4.32. The number of hydrogen-bond donors (Lipinski definition) is 2. The van der Waals surface area contributed by atoms with Gasteiger partial charge >= 0.3 is 0 Å². The predicted molar refractivity (Wildman–Crippen MR) is 61.3 cm³/mol. The molecule has 0 saturated carbocycles. The molecule has 4 nitrogen and oxygen atoms in total. The van der Waals surface area contributed by atoms with Crippen LogP contribution in [0.3, 0.4) is 0 Å². The van der Waals surface area contributed by atoms with E-state index >= 15 is 0 Å². The lowest BCUT2D eigenvalue weighted by molar-refractivity contribution is 1.19. The molecule has 0 aliphatic carbocycles. The Balaban J connectivity index is 2.56. The summed E-state index contributed by atoms with van der Waals surface area (Å²) < 4.78 is 0. The Kier molecular flexibility index (Phi) is 2.43. The Morgan fingerprint density at radius 2 is 1.47 bits per heavy atom. The third-order valence-corrected chi connectivity index (χ3v) is 2.32. The molecule has 15 heavy (non-hydrogen) atoms. The number of benzene rings is 1. The molecule has 0 amide bonds. The third-order valence-electron chi connectivity index (χ3n) is 1.93. The molecule has 0 radical (unpaired) electrons. The van der Waals surface area contributed by atoms with Crippen molar-refractivity contribution >= 4 is 23.2 Å². The van der Waals surface area contributed by atoms with Crippen molar-refractivity contribution in [2.75, 3.05) is 11.5 Å². The molecule has 0 saturated heterocycles. The monoisotopic (exact) mass is 220 g/mol. The molecular weight excluding hydrogens is 212 g/mol. The van der Waals surface area contributed by atoms with Crippen LogP contribution in [0.25, 0.3) is 11.4 Å². The van der Waals surface area contributed by atoms with Crippen molar-refractivity contribution in [3.63, 3.8) is 0 Å². The lowest BCUT2D eigenvalue weighted by Crippen LogP contribution is -2.01. The van der Waals surface area contributed by atoms with E-state index in [2.05, 4.69) is 9.97 Å². The Labute approximate surface area is 91.9 Å². The van der Waals surface area contributed by atoms with E-state index in [-0.39, 0.29) is 16.7 Å². The van der Waals surface area contributed by atoms with Gasteiger partial charge in [-0.25, -0.2) is 9.97 Å². The second-order valence-electron chi connectivity index (χ2n) is 3.00. The van der Waals surface area contributed by atoms with Crippen LogP contribution in [0.5, 0.6) is 0 Å². The van der Waals surface area contributed by atoms with Crippen molar-refractivity contribution in [3.05, 3.63) is 35.4 Å². The van der Waals surface area contributed by atoms with Crippen LogP contribution in [-0.2, 0) is 0 Å². The van der Waals surface area contributed by atoms with Gasteiger partial charge in [-0.15, -0.1) is 0 Å². The highest BCUT2D eigenvalue weighted by molar-refractivity contribution is 6.35. The van der Waals surface area contributed by atoms with Gasteiger partial charge in [-0.05, 0) is 0 Å². The van der Waals surface area contributed by atoms with Crippen LogP contribution in [0.4, 0.5) is 11.6 Å². The van der Waals surface area contributed by atoms with E-state index in [0.717, 1.165) is 5.56 Å². The highest BCUT2D eigenvalue weighted by Gasteiger charge is 2.08. The maximum atomic E-state index is 5.76. The molecule has 1 heterocycles. The summed E-state index contributed by atoms with van der Waals surface area (Å²) in [5.74, 6) is 0.876. The largest absolute Gasteiger partial charge is 0.382 e. The summed E-state index contributed by atoms with van der Waals surface area (Å²) in [6.07, 6.45) is 0. The lowest BCUT2D eigenvalue weighted by atomic mass is 10.2. The summed E-state index contributed by atoms with van der Waals surface area (Å²) in [5, 5.41) is 0.203. The molecular formula is C10H9ClN4. The van der Waals surface area contributed by atoms with E-state index in [1.165, 1.54) is 0 Å². The minimum atomic E-state index is 0.197. The fourth-order valence-corrected chi connectivity index (χ4v) is 1.28. The molecule has 0 atom stereocenters. The molecule has 0 spiro atoms. The smallest absolute Gasteiger partial charge is 0.163 e. The molecule has 0 bridgehead atoms. The van der Waals surface area contributed by atoms with Crippen molar-refractivity contribution in [1.29, 1.82) is 0 Å². The molecule has 0 unspecified atom stereocenters. The normalized spacial score (nSPS) is 10.2. The van der Waals surface area contributed by atoms with Gasteiger partial charge in [0.25, 0.3) is 0 Å². The Hall–Kier alpha value is -1.81. The third kappa shape index (κ3) is 1.85. The molecule has 4 N–H and O–H groups in total. The Bertz CT molecular complexity index is 461. The molecule has 1 aromatic carbocycles. The lowest BCUT2D eigenvalue weighted by Gasteiger charge is -2.04.